The number of unbranched alkanes of at least 4 members (excludes halogenated alkanes) is 1. The lowest BCUT2D eigenvalue weighted by Crippen LogP contribution is -2.46. The summed E-state index contributed by atoms with van der Waals surface area (Å²) in [5.41, 5.74) is 0.897. The second-order valence-corrected chi connectivity index (χ2v) is 9.43. The summed E-state index contributed by atoms with van der Waals surface area (Å²) >= 11 is 0. The quantitative estimate of drug-likeness (QED) is 0.307. The monoisotopic (exact) mass is 436 g/mol. The number of nitrogens with one attached hydrogen (secondary N) is 1. The molecule has 4 aliphatic carbocycles. The molecule has 3 amide bonds. The average molecular weight is 437 g/mol. The van der Waals surface area contributed by atoms with E-state index in [9.17, 15) is 19.2 Å². The smallest absolute Gasteiger partial charge is 0.338 e. The molecule has 1 heterocycles. The zero-order chi connectivity index (χ0) is 22.6. The van der Waals surface area contributed by atoms with Crippen molar-refractivity contribution in [2.45, 2.75) is 39.2 Å². The van der Waals surface area contributed by atoms with Crippen molar-refractivity contribution >= 4 is 29.4 Å². The van der Waals surface area contributed by atoms with Gasteiger partial charge in [-0.3, -0.25) is 19.3 Å². The Kier molecular flexibility index (Phi) is 5.14. The van der Waals surface area contributed by atoms with E-state index in [-0.39, 0.29) is 35.5 Å². The van der Waals surface area contributed by atoms with Crippen molar-refractivity contribution in [1.29, 1.82) is 0 Å². The molecule has 32 heavy (non-hydrogen) atoms. The first-order valence-electron chi connectivity index (χ1n) is 11.6. The van der Waals surface area contributed by atoms with Gasteiger partial charge in [-0.25, -0.2) is 4.79 Å². The van der Waals surface area contributed by atoms with E-state index >= 15 is 0 Å². The second-order valence-electron chi connectivity index (χ2n) is 9.43. The minimum absolute atomic E-state index is 0.135. The topological polar surface area (TPSA) is 92.8 Å². The highest BCUT2D eigenvalue weighted by atomic mass is 16.5. The minimum Gasteiger partial charge on any atom is -0.462 e. The summed E-state index contributed by atoms with van der Waals surface area (Å²) < 4.78 is 5.19. The molecule has 5 aliphatic rings. The van der Waals surface area contributed by atoms with Crippen LogP contribution in [0.5, 0.6) is 0 Å². The Bertz CT molecular complexity index is 964. The summed E-state index contributed by atoms with van der Waals surface area (Å²) in [5, 5.41) is 2.76. The number of esters is 1. The first-order valence-corrected chi connectivity index (χ1v) is 11.6. The molecular formula is C25H28N2O5. The maximum absolute atomic E-state index is 13.2. The summed E-state index contributed by atoms with van der Waals surface area (Å²) in [6.07, 6.45) is 7.10. The largest absolute Gasteiger partial charge is 0.462 e. The van der Waals surface area contributed by atoms with E-state index in [2.05, 4.69) is 17.5 Å². The van der Waals surface area contributed by atoms with Crippen molar-refractivity contribution < 1.29 is 23.9 Å². The van der Waals surface area contributed by atoms with Gasteiger partial charge in [-0.05, 0) is 67.7 Å². The summed E-state index contributed by atoms with van der Waals surface area (Å²) in [6, 6.07) is 5.52. The third-order valence-electron chi connectivity index (χ3n) is 7.58. The fourth-order valence-electron chi connectivity index (χ4n) is 5.81. The molecule has 0 spiro atoms. The van der Waals surface area contributed by atoms with Crippen LogP contribution in [0, 0.1) is 35.5 Å². The van der Waals surface area contributed by atoms with Crippen LogP contribution in [0.1, 0.15) is 43.5 Å². The van der Waals surface area contributed by atoms with Crippen molar-refractivity contribution in [3.63, 3.8) is 0 Å². The Hall–Kier alpha value is -2.96. The lowest BCUT2D eigenvalue weighted by atomic mass is 9.63. The molecule has 0 radical (unpaired) electrons. The van der Waals surface area contributed by atoms with Crippen LogP contribution in [-0.4, -0.2) is 41.2 Å². The fourth-order valence-corrected chi connectivity index (χ4v) is 5.81. The number of allylic oxidation sites excluding steroid dienone is 2. The third kappa shape index (κ3) is 3.26. The maximum atomic E-state index is 13.2. The fraction of sp³-hybridized carbons (Fsp3) is 0.520. The number of ether oxygens (including phenoxy) is 1. The van der Waals surface area contributed by atoms with Gasteiger partial charge in [0.25, 0.3) is 0 Å². The number of hydrogen-bond donors (Lipinski definition) is 1. The Balaban J connectivity index is 1.23. The van der Waals surface area contributed by atoms with Crippen LogP contribution in [0.25, 0.3) is 0 Å². The van der Waals surface area contributed by atoms with E-state index in [1.54, 1.807) is 31.2 Å². The van der Waals surface area contributed by atoms with Gasteiger partial charge in [-0.15, -0.1) is 0 Å². The normalized spacial score (nSPS) is 32.4. The van der Waals surface area contributed by atoms with Crippen LogP contribution in [-0.2, 0) is 19.1 Å². The Morgan fingerprint density at radius 3 is 2.22 bits per heavy atom. The Labute approximate surface area is 187 Å². The van der Waals surface area contributed by atoms with Gasteiger partial charge < -0.3 is 10.1 Å². The van der Waals surface area contributed by atoms with Crippen molar-refractivity contribution in [1.82, 2.24) is 4.90 Å². The highest BCUT2D eigenvalue weighted by Crippen LogP contribution is 2.65. The first kappa shape index (κ1) is 20.9. The second kappa shape index (κ2) is 7.87. The molecule has 0 aromatic heterocycles. The number of nitrogens with zero attached hydrogens (tertiary/aromatic N) is 1. The highest BCUT2D eigenvalue weighted by molar-refractivity contribution is 6.10. The Morgan fingerprint density at radius 1 is 1.06 bits per heavy atom. The van der Waals surface area contributed by atoms with Gasteiger partial charge in [0.2, 0.25) is 17.7 Å². The first-order chi connectivity index (χ1) is 15.4. The lowest BCUT2D eigenvalue weighted by Gasteiger charge is -2.37. The highest BCUT2D eigenvalue weighted by Gasteiger charge is 2.67. The summed E-state index contributed by atoms with van der Waals surface area (Å²) in [5.74, 6) is -0.541. The van der Waals surface area contributed by atoms with Gasteiger partial charge >= 0.3 is 5.97 Å². The van der Waals surface area contributed by atoms with Gasteiger partial charge in [-0.2, -0.15) is 0 Å². The van der Waals surface area contributed by atoms with E-state index in [0.29, 0.717) is 29.7 Å². The molecule has 2 bridgehead atoms. The number of benzene rings is 1. The van der Waals surface area contributed by atoms with Crippen LogP contribution in [0.3, 0.4) is 0 Å². The predicted octanol–water partition coefficient (Wildman–Crippen LogP) is 3.02. The summed E-state index contributed by atoms with van der Waals surface area (Å²) in [4.78, 5) is 52.4. The van der Waals surface area contributed by atoms with Crippen LogP contribution in [0.2, 0.25) is 0 Å². The predicted molar refractivity (Wildman–Crippen MR) is 116 cm³/mol. The van der Waals surface area contributed by atoms with Crippen LogP contribution in [0.15, 0.2) is 36.4 Å². The molecule has 1 aromatic rings. The molecule has 1 N–H and O–H groups in total. The molecule has 1 aliphatic heterocycles. The number of hydrogen-bond acceptors (Lipinski definition) is 5. The molecule has 2 saturated carbocycles. The van der Waals surface area contributed by atoms with Crippen LogP contribution in [0.4, 0.5) is 5.69 Å². The van der Waals surface area contributed by atoms with E-state index in [1.807, 2.05) is 6.92 Å². The summed E-state index contributed by atoms with van der Waals surface area (Å²) in [6.45, 7) is 4.00. The van der Waals surface area contributed by atoms with Gasteiger partial charge in [0.1, 0.15) is 6.04 Å². The average Bonchev–Trinajstić information content (AvgIpc) is 3.57. The zero-order valence-electron chi connectivity index (χ0n) is 18.3. The van der Waals surface area contributed by atoms with E-state index < -0.39 is 17.9 Å². The van der Waals surface area contributed by atoms with E-state index in [1.165, 1.54) is 4.90 Å². The van der Waals surface area contributed by atoms with Gasteiger partial charge in [0, 0.05) is 5.69 Å². The van der Waals surface area contributed by atoms with Crippen LogP contribution < -0.4 is 5.32 Å². The Morgan fingerprint density at radius 2 is 1.66 bits per heavy atom. The number of imide groups is 1. The van der Waals surface area contributed by atoms with Gasteiger partial charge in [0.15, 0.2) is 0 Å². The number of carbonyl (C=O) groups excluding carboxylic acids is 4. The van der Waals surface area contributed by atoms with Crippen molar-refractivity contribution in [3.8, 4) is 0 Å². The lowest BCUT2D eigenvalue weighted by molar-refractivity contribution is -0.146. The SMILES string of the molecule is CCCCOC(=O)c1ccc(NC(=O)[C@H](C)N2C(=O)[C@@H]3[C@H]4C=C[C@@H]([C@@H]5C[C@@H]45)[C@@H]3C2=O)cc1. The van der Waals surface area contributed by atoms with Crippen molar-refractivity contribution in [3.05, 3.63) is 42.0 Å². The molecule has 7 heteroatoms. The van der Waals surface area contributed by atoms with Gasteiger partial charge in [-0.1, -0.05) is 25.5 Å². The van der Waals surface area contributed by atoms with E-state index in [0.717, 1.165) is 19.3 Å². The molecule has 0 unspecified atom stereocenters. The number of amides is 3. The standard InChI is InChI=1S/C25H28N2O5/c1-3-4-11-32-25(31)14-5-7-15(8-6-14)26-22(28)13(2)27-23(29)20-16-9-10-17(19-12-18(16)19)21(20)24(27)30/h5-10,13,16-21H,3-4,11-12H2,1-2H3,(H,26,28)/t13-,16-,17-,18-,19-,20-,21+/m0/s1. The van der Waals surface area contributed by atoms with E-state index in [4.69, 9.17) is 4.74 Å². The van der Waals surface area contributed by atoms with Crippen molar-refractivity contribution in [2.75, 3.05) is 11.9 Å². The number of anilines is 1. The van der Waals surface area contributed by atoms with Crippen molar-refractivity contribution in [2.24, 2.45) is 35.5 Å². The molecule has 7 nitrogen and oxygen atoms in total. The van der Waals surface area contributed by atoms with Crippen LogP contribution >= 0.6 is 0 Å². The molecule has 1 saturated heterocycles. The maximum Gasteiger partial charge on any atom is 0.338 e. The summed E-state index contributed by atoms with van der Waals surface area (Å²) in [7, 11) is 0. The number of likely N-dealkylation sites (tertiary alicyclic amines) is 1. The minimum atomic E-state index is -0.894. The molecule has 3 fully saturated rings. The molecule has 7 atom stereocenters. The number of rotatable bonds is 7. The molecule has 6 rings (SSSR count). The zero-order valence-corrected chi connectivity index (χ0v) is 18.3. The van der Waals surface area contributed by atoms with Gasteiger partial charge in [0.05, 0.1) is 24.0 Å². The molecule has 168 valence electrons. The third-order valence-corrected chi connectivity index (χ3v) is 7.58. The number of carbonyl (C=O) groups is 4. The molecule has 1 aromatic carbocycles. The molecular weight excluding hydrogens is 408 g/mol.